The molecule has 8 nitrogen and oxygen atoms in total. The first-order chi connectivity index (χ1) is 13.8. The summed E-state index contributed by atoms with van der Waals surface area (Å²) in [6.45, 7) is 7.12. The van der Waals surface area contributed by atoms with Crippen LogP contribution in [0, 0.1) is 5.92 Å². The standard InChI is InChI=1S/C20H29N3O5/c24-19(12-21-8-10-25-11-9-21)23-7-6-22(18-4-2-1-3-5-18)13-20(23)26-14-17-15-27-28-16-17/h1-5,17,20H,6-16H2. The molecule has 3 aliphatic rings. The Morgan fingerprint density at radius 1 is 1.04 bits per heavy atom. The van der Waals surface area contributed by atoms with Crippen molar-refractivity contribution in [3.63, 3.8) is 0 Å². The van der Waals surface area contributed by atoms with Gasteiger partial charge in [-0.1, -0.05) is 18.2 Å². The zero-order valence-electron chi connectivity index (χ0n) is 16.2. The van der Waals surface area contributed by atoms with E-state index in [1.165, 1.54) is 0 Å². The maximum absolute atomic E-state index is 13.0. The molecule has 3 fully saturated rings. The lowest BCUT2D eigenvalue weighted by molar-refractivity contribution is -0.248. The molecule has 0 radical (unpaired) electrons. The molecule has 1 aromatic rings. The van der Waals surface area contributed by atoms with Crippen molar-refractivity contribution < 1.29 is 24.0 Å². The fourth-order valence-electron chi connectivity index (χ4n) is 3.77. The monoisotopic (exact) mass is 391 g/mol. The van der Waals surface area contributed by atoms with Crippen LogP contribution in [0.15, 0.2) is 30.3 Å². The third-order valence-corrected chi connectivity index (χ3v) is 5.45. The van der Waals surface area contributed by atoms with Gasteiger partial charge < -0.3 is 19.3 Å². The van der Waals surface area contributed by atoms with Gasteiger partial charge in [-0.15, -0.1) is 0 Å². The number of benzene rings is 1. The van der Waals surface area contributed by atoms with Gasteiger partial charge in [-0.3, -0.25) is 9.69 Å². The Labute approximate surface area is 165 Å². The molecule has 0 spiro atoms. The van der Waals surface area contributed by atoms with Crippen molar-refractivity contribution in [2.45, 2.75) is 6.23 Å². The van der Waals surface area contributed by atoms with Crippen molar-refractivity contribution >= 4 is 11.6 Å². The van der Waals surface area contributed by atoms with E-state index in [1.807, 2.05) is 23.1 Å². The summed E-state index contributed by atoms with van der Waals surface area (Å²) in [5.41, 5.74) is 1.16. The Morgan fingerprint density at radius 3 is 2.54 bits per heavy atom. The van der Waals surface area contributed by atoms with Crippen LogP contribution in [0.5, 0.6) is 0 Å². The lowest BCUT2D eigenvalue weighted by atomic mass is 10.2. The fourth-order valence-corrected chi connectivity index (χ4v) is 3.77. The van der Waals surface area contributed by atoms with Gasteiger partial charge in [-0.25, -0.2) is 9.78 Å². The molecular weight excluding hydrogens is 362 g/mol. The smallest absolute Gasteiger partial charge is 0.238 e. The molecular formula is C20H29N3O5. The SMILES string of the molecule is O=C(CN1CCOCC1)N1CCN(c2ccccc2)CC1OCC1COOC1. The topological polar surface area (TPSA) is 63.7 Å². The maximum atomic E-state index is 13.0. The number of nitrogens with zero attached hydrogens (tertiary/aromatic N) is 3. The number of carbonyl (C=O) groups is 1. The normalized spacial score (nSPS) is 24.6. The molecule has 8 heteroatoms. The summed E-state index contributed by atoms with van der Waals surface area (Å²) < 4.78 is 11.6. The van der Waals surface area contributed by atoms with Crippen molar-refractivity contribution in [3.8, 4) is 0 Å². The Balaban J connectivity index is 1.40. The molecule has 0 saturated carbocycles. The average Bonchev–Trinajstić information content (AvgIpc) is 3.27. The molecule has 3 heterocycles. The van der Waals surface area contributed by atoms with E-state index in [9.17, 15) is 4.79 Å². The van der Waals surface area contributed by atoms with Crippen LogP contribution in [0.25, 0.3) is 0 Å². The summed E-state index contributed by atoms with van der Waals surface area (Å²) >= 11 is 0. The number of carbonyl (C=O) groups excluding carboxylic acids is 1. The molecule has 0 bridgehead atoms. The molecule has 0 N–H and O–H groups in total. The average molecular weight is 391 g/mol. The van der Waals surface area contributed by atoms with Gasteiger partial charge >= 0.3 is 0 Å². The first-order valence-corrected chi connectivity index (χ1v) is 10.0. The van der Waals surface area contributed by atoms with E-state index in [0.717, 1.165) is 25.3 Å². The van der Waals surface area contributed by atoms with Crippen LogP contribution >= 0.6 is 0 Å². The number of piperazine rings is 1. The highest BCUT2D eigenvalue weighted by Gasteiger charge is 2.33. The highest BCUT2D eigenvalue weighted by Crippen LogP contribution is 2.21. The van der Waals surface area contributed by atoms with Crippen LogP contribution in [0.1, 0.15) is 0 Å². The number of ether oxygens (including phenoxy) is 2. The molecule has 0 aromatic heterocycles. The van der Waals surface area contributed by atoms with Crippen molar-refractivity contribution in [2.75, 3.05) is 77.2 Å². The van der Waals surface area contributed by atoms with Gasteiger partial charge in [0.25, 0.3) is 0 Å². The summed E-state index contributed by atoms with van der Waals surface area (Å²) in [6, 6.07) is 10.3. The molecule has 4 rings (SSSR count). The molecule has 1 atom stereocenters. The summed E-state index contributed by atoms with van der Waals surface area (Å²) in [6.07, 6.45) is -0.275. The summed E-state index contributed by atoms with van der Waals surface area (Å²) in [7, 11) is 0. The Hall–Kier alpha value is -1.71. The van der Waals surface area contributed by atoms with Gasteiger partial charge in [-0.2, -0.15) is 0 Å². The van der Waals surface area contributed by atoms with Gasteiger partial charge in [0.05, 0.1) is 46.1 Å². The highest BCUT2D eigenvalue weighted by molar-refractivity contribution is 5.79. The van der Waals surface area contributed by atoms with E-state index < -0.39 is 0 Å². The van der Waals surface area contributed by atoms with Crippen molar-refractivity contribution in [2.24, 2.45) is 5.92 Å². The second-order valence-corrected chi connectivity index (χ2v) is 7.48. The second kappa shape index (κ2) is 9.67. The number of anilines is 1. The van der Waals surface area contributed by atoms with Crippen LogP contribution in [0.3, 0.4) is 0 Å². The summed E-state index contributed by atoms with van der Waals surface area (Å²) in [4.78, 5) is 29.3. The first-order valence-electron chi connectivity index (χ1n) is 10.0. The predicted octanol–water partition coefficient (Wildman–Crippen LogP) is 0.588. The van der Waals surface area contributed by atoms with Gasteiger partial charge in [-0.05, 0) is 12.1 Å². The molecule has 3 saturated heterocycles. The first kappa shape index (κ1) is 19.6. The Morgan fingerprint density at radius 2 is 1.79 bits per heavy atom. The van der Waals surface area contributed by atoms with Gasteiger partial charge in [0.2, 0.25) is 5.91 Å². The minimum absolute atomic E-state index is 0.124. The van der Waals surface area contributed by atoms with E-state index in [2.05, 4.69) is 21.9 Å². The molecule has 1 amide bonds. The number of hydrogen-bond acceptors (Lipinski definition) is 7. The van der Waals surface area contributed by atoms with E-state index >= 15 is 0 Å². The van der Waals surface area contributed by atoms with Crippen molar-refractivity contribution in [1.29, 1.82) is 0 Å². The number of hydrogen-bond donors (Lipinski definition) is 0. The van der Waals surface area contributed by atoms with E-state index in [0.29, 0.717) is 52.7 Å². The van der Waals surface area contributed by atoms with E-state index in [1.54, 1.807) is 0 Å². The van der Waals surface area contributed by atoms with Gasteiger partial charge in [0.1, 0.15) is 6.23 Å². The predicted molar refractivity (Wildman–Crippen MR) is 103 cm³/mol. The maximum Gasteiger partial charge on any atom is 0.238 e. The van der Waals surface area contributed by atoms with E-state index in [4.69, 9.17) is 19.2 Å². The van der Waals surface area contributed by atoms with Crippen LogP contribution in [-0.4, -0.2) is 94.2 Å². The summed E-state index contributed by atoms with van der Waals surface area (Å²) in [5, 5.41) is 0. The number of para-hydroxylation sites is 1. The van der Waals surface area contributed by atoms with Gasteiger partial charge in [0.15, 0.2) is 0 Å². The minimum Gasteiger partial charge on any atom is -0.379 e. The molecule has 1 aromatic carbocycles. The molecule has 1 unspecified atom stereocenters. The number of rotatable bonds is 6. The Bertz CT molecular complexity index is 620. The third kappa shape index (κ3) is 5.01. The van der Waals surface area contributed by atoms with Crippen LogP contribution in [-0.2, 0) is 24.0 Å². The second-order valence-electron chi connectivity index (χ2n) is 7.48. The van der Waals surface area contributed by atoms with Crippen molar-refractivity contribution in [3.05, 3.63) is 30.3 Å². The molecule has 3 aliphatic heterocycles. The Kier molecular flexibility index (Phi) is 6.77. The lowest BCUT2D eigenvalue weighted by Crippen LogP contribution is -2.58. The lowest BCUT2D eigenvalue weighted by Gasteiger charge is -2.43. The van der Waals surface area contributed by atoms with Crippen molar-refractivity contribution in [1.82, 2.24) is 9.80 Å². The van der Waals surface area contributed by atoms with Crippen LogP contribution < -0.4 is 4.90 Å². The molecule has 28 heavy (non-hydrogen) atoms. The van der Waals surface area contributed by atoms with Crippen LogP contribution in [0.2, 0.25) is 0 Å². The minimum atomic E-state index is -0.275. The summed E-state index contributed by atoms with van der Waals surface area (Å²) in [5.74, 6) is 0.335. The molecule has 154 valence electrons. The van der Waals surface area contributed by atoms with E-state index in [-0.39, 0.29) is 18.1 Å². The number of morpholine rings is 1. The number of amides is 1. The zero-order valence-corrected chi connectivity index (χ0v) is 16.2. The van der Waals surface area contributed by atoms with Crippen LogP contribution in [0.4, 0.5) is 5.69 Å². The third-order valence-electron chi connectivity index (χ3n) is 5.45. The molecule has 0 aliphatic carbocycles. The van der Waals surface area contributed by atoms with Gasteiger partial charge in [0, 0.05) is 37.8 Å². The zero-order chi connectivity index (χ0) is 19.2. The largest absolute Gasteiger partial charge is 0.379 e. The highest BCUT2D eigenvalue weighted by atomic mass is 17.2. The quantitative estimate of drug-likeness (QED) is 0.658. The fraction of sp³-hybridized carbons (Fsp3) is 0.650.